The summed E-state index contributed by atoms with van der Waals surface area (Å²) in [6, 6.07) is 22.2. The van der Waals surface area contributed by atoms with Crippen molar-refractivity contribution < 1.29 is 9.15 Å². The zero-order valence-corrected chi connectivity index (χ0v) is 12.8. The molecule has 2 nitrogen and oxygen atoms in total. The number of ether oxygens (including phenoxy) is 1. The minimum Gasteiger partial charge on any atom is -0.490 e. The first-order valence-corrected chi connectivity index (χ1v) is 7.76. The molecule has 0 saturated carbocycles. The average molecular weight is 292 g/mol. The highest BCUT2D eigenvalue weighted by atomic mass is 16.5. The molecule has 0 amide bonds. The summed E-state index contributed by atoms with van der Waals surface area (Å²) in [5.41, 5.74) is 2.10. The van der Waals surface area contributed by atoms with E-state index in [4.69, 9.17) is 9.15 Å². The fourth-order valence-corrected chi connectivity index (χ4v) is 2.34. The van der Waals surface area contributed by atoms with Crippen LogP contribution in [0.4, 0.5) is 0 Å². The van der Waals surface area contributed by atoms with Gasteiger partial charge >= 0.3 is 0 Å². The lowest BCUT2D eigenvalue weighted by Crippen LogP contribution is -1.96. The molecule has 0 fully saturated rings. The van der Waals surface area contributed by atoms with Crippen molar-refractivity contribution in [1.82, 2.24) is 0 Å². The molecule has 0 spiro atoms. The second kappa shape index (κ2) is 6.99. The summed E-state index contributed by atoms with van der Waals surface area (Å²) in [6.07, 6.45) is 2.16. The molecule has 3 rings (SSSR count). The topological polar surface area (TPSA) is 22.4 Å². The fraction of sp³-hybridized carbons (Fsp3) is 0.200. The van der Waals surface area contributed by atoms with E-state index in [1.807, 2.05) is 66.7 Å². The van der Waals surface area contributed by atoms with Gasteiger partial charge in [-0.15, -0.1) is 0 Å². The van der Waals surface area contributed by atoms with Gasteiger partial charge in [0.1, 0.15) is 5.76 Å². The van der Waals surface area contributed by atoms with Crippen LogP contribution in [0.3, 0.4) is 0 Å². The van der Waals surface area contributed by atoms with E-state index >= 15 is 0 Å². The van der Waals surface area contributed by atoms with Gasteiger partial charge in [-0.2, -0.15) is 0 Å². The molecule has 0 aliphatic rings. The molecule has 3 aromatic rings. The molecule has 0 bridgehead atoms. The largest absolute Gasteiger partial charge is 0.490 e. The lowest BCUT2D eigenvalue weighted by atomic mass is 10.1. The van der Waals surface area contributed by atoms with Crippen LogP contribution >= 0.6 is 0 Å². The first kappa shape index (κ1) is 14.5. The van der Waals surface area contributed by atoms with E-state index in [0.29, 0.717) is 6.61 Å². The second-order valence-corrected chi connectivity index (χ2v) is 5.24. The van der Waals surface area contributed by atoms with Crippen molar-refractivity contribution in [3.63, 3.8) is 0 Å². The third-order valence-corrected chi connectivity index (χ3v) is 3.55. The van der Waals surface area contributed by atoms with Crippen molar-refractivity contribution >= 4 is 0 Å². The number of hydrogen-bond acceptors (Lipinski definition) is 2. The maximum atomic E-state index is 6.09. The zero-order chi connectivity index (χ0) is 15.2. The highest BCUT2D eigenvalue weighted by Gasteiger charge is 2.15. The molecule has 1 heterocycles. The smallest absolute Gasteiger partial charge is 0.176 e. The third kappa shape index (κ3) is 3.22. The monoisotopic (exact) mass is 292 g/mol. The van der Waals surface area contributed by atoms with E-state index in [2.05, 4.69) is 6.92 Å². The van der Waals surface area contributed by atoms with Crippen LogP contribution in [0.5, 0.6) is 5.75 Å². The minimum atomic E-state index is 0.712. The Morgan fingerprint density at radius 3 is 2.14 bits per heavy atom. The van der Waals surface area contributed by atoms with Crippen molar-refractivity contribution in [2.24, 2.45) is 0 Å². The summed E-state index contributed by atoms with van der Waals surface area (Å²) in [5, 5.41) is 0. The van der Waals surface area contributed by atoms with Crippen molar-refractivity contribution in [1.29, 1.82) is 0 Å². The summed E-state index contributed by atoms with van der Waals surface area (Å²) in [7, 11) is 0. The molecule has 22 heavy (non-hydrogen) atoms. The molecule has 0 atom stereocenters. The maximum absolute atomic E-state index is 6.09. The van der Waals surface area contributed by atoms with Gasteiger partial charge in [0.15, 0.2) is 11.5 Å². The van der Waals surface area contributed by atoms with E-state index in [0.717, 1.165) is 41.2 Å². The first-order valence-electron chi connectivity index (χ1n) is 7.76. The molecule has 112 valence electrons. The number of unbranched alkanes of at least 4 members (excludes halogenated alkanes) is 1. The van der Waals surface area contributed by atoms with Crippen molar-refractivity contribution in [2.45, 2.75) is 19.8 Å². The third-order valence-electron chi connectivity index (χ3n) is 3.55. The van der Waals surface area contributed by atoms with Gasteiger partial charge < -0.3 is 9.15 Å². The SMILES string of the molecule is CCCCOc1cc(-c2ccccc2)oc1-c1ccccc1. The van der Waals surface area contributed by atoms with Gasteiger partial charge in [-0.05, 0) is 6.42 Å². The number of benzene rings is 2. The number of furan rings is 1. The molecule has 2 aromatic carbocycles. The van der Waals surface area contributed by atoms with Crippen LogP contribution in [-0.4, -0.2) is 6.61 Å². The fourth-order valence-electron chi connectivity index (χ4n) is 2.34. The summed E-state index contributed by atoms with van der Waals surface area (Å²) in [6.45, 7) is 2.87. The van der Waals surface area contributed by atoms with Crippen LogP contribution < -0.4 is 4.74 Å². The Morgan fingerprint density at radius 2 is 1.50 bits per heavy atom. The van der Waals surface area contributed by atoms with Gasteiger partial charge in [0.05, 0.1) is 6.61 Å². The lowest BCUT2D eigenvalue weighted by Gasteiger charge is -2.05. The number of rotatable bonds is 6. The molecule has 0 radical (unpaired) electrons. The zero-order valence-electron chi connectivity index (χ0n) is 12.8. The predicted molar refractivity (Wildman–Crippen MR) is 90.0 cm³/mol. The van der Waals surface area contributed by atoms with Gasteiger partial charge in [0.2, 0.25) is 0 Å². The van der Waals surface area contributed by atoms with E-state index in [1.54, 1.807) is 0 Å². The van der Waals surface area contributed by atoms with Crippen LogP contribution in [0, 0.1) is 0 Å². The predicted octanol–water partition coefficient (Wildman–Crippen LogP) is 5.79. The Bertz CT molecular complexity index is 699. The molecule has 0 saturated heterocycles. The van der Waals surface area contributed by atoms with Gasteiger partial charge in [0.25, 0.3) is 0 Å². The quantitative estimate of drug-likeness (QED) is 0.536. The Hall–Kier alpha value is -2.48. The Kier molecular flexibility index (Phi) is 4.59. The Morgan fingerprint density at radius 1 is 0.864 bits per heavy atom. The van der Waals surface area contributed by atoms with Gasteiger partial charge in [0, 0.05) is 17.2 Å². The van der Waals surface area contributed by atoms with E-state index in [9.17, 15) is 0 Å². The van der Waals surface area contributed by atoms with E-state index in [1.165, 1.54) is 0 Å². The molecule has 0 unspecified atom stereocenters. The van der Waals surface area contributed by atoms with Gasteiger partial charge in [-0.1, -0.05) is 74.0 Å². The molecule has 1 aromatic heterocycles. The van der Waals surface area contributed by atoms with Crippen LogP contribution in [0.15, 0.2) is 71.1 Å². The lowest BCUT2D eigenvalue weighted by molar-refractivity contribution is 0.308. The van der Waals surface area contributed by atoms with Crippen LogP contribution in [-0.2, 0) is 0 Å². The summed E-state index contributed by atoms with van der Waals surface area (Å²) >= 11 is 0. The molecule has 2 heteroatoms. The highest BCUT2D eigenvalue weighted by Crippen LogP contribution is 2.37. The summed E-state index contributed by atoms with van der Waals surface area (Å²) in [5.74, 6) is 2.46. The Labute approximate surface area is 131 Å². The molecular formula is C20H20O2. The normalized spacial score (nSPS) is 10.6. The second-order valence-electron chi connectivity index (χ2n) is 5.24. The van der Waals surface area contributed by atoms with Crippen molar-refractivity contribution in [2.75, 3.05) is 6.61 Å². The average Bonchev–Trinajstić information content (AvgIpc) is 3.01. The van der Waals surface area contributed by atoms with Crippen molar-refractivity contribution in [3.05, 3.63) is 66.7 Å². The Balaban J connectivity index is 1.97. The van der Waals surface area contributed by atoms with E-state index in [-0.39, 0.29) is 0 Å². The molecule has 0 aliphatic carbocycles. The summed E-state index contributed by atoms with van der Waals surface area (Å²) < 4.78 is 12.0. The maximum Gasteiger partial charge on any atom is 0.176 e. The van der Waals surface area contributed by atoms with Gasteiger partial charge in [-0.25, -0.2) is 0 Å². The summed E-state index contributed by atoms with van der Waals surface area (Å²) in [4.78, 5) is 0. The highest BCUT2D eigenvalue weighted by molar-refractivity contribution is 5.71. The molecule has 0 N–H and O–H groups in total. The van der Waals surface area contributed by atoms with Crippen LogP contribution in [0.25, 0.3) is 22.6 Å². The number of hydrogen-bond donors (Lipinski definition) is 0. The first-order chi connectivity index (χ1) is 10.9. The standard InChI is InChI=1S/C20H20O2/c1-2-3-14-21-19-15-18(16-10-6-4-7-11-16)22-20(19)17-12-8-5-9-13-17/h4-13,15H,2-3,14H2,1H3. The minimum absolute atomic E-state index is 0.712. The van der Waals surface area contributed by atoms with Crippen LogP contribution in [0.2, 0.25) is 0 Å². The van der Waals surface area contributed by atoms with Crippen LogP contribution in [0.1, 0.15) is 19.8 Å². The van der Waals surface area contributed by atoms with E-state index < -0.39 is 0 Å². The van der Waals surface area contributed by atoms with Gasteiger partial charge in [-0.3, -0.25) is 0 Å². The van der Waals surface area contributed by atoms with Crippen molar-refractivity contribution in [3.8, 4) is 28.4 Å². The molecule has 0 aliphatic heterocycles. The molecular weight excluding hydrogens is 272 g/mol.